The van der Waals surface area contributed by atoms with Crippen LogP contribution in [0.4, 0.5) is 0 Å². The van der Waals surface area contributed by atoms with Crippen LogP contribution in [0.3, 0.4) is 0 Å². The molecule has 0 aromatic carbocycles. The normalized spacial score (nSPS) is 17.3. The second kappa shape index (κ2) is 5.82. The molecular weight excluding hydrogens is 192 g/mol. The van der Waals surface area contributed by atoms with Gasteiger partial charge in [0.1, 0.15) is 0 Å². The summed E-state index contributed by atoms with van der Waals surface area (Å²) in [5.41, 5.74) is 0. The van der Waals surface area contributed by atoms with Crippen molar-refractivity contribution in [2.75, 3.05) is 32.7 Å². The van der Waals surface area contributed by atoms with E-state index in [-0.39, 0.29) is 0 Å². The zero-order valence-electron chi connectivity index (χ0n) is 8.98. The van der Waals surface area contributed by atoms with Crippen LogP contribution in [0.2, 0.25) is 0 Å². The number of hydrogen-bond acceptors (Lipinski definition) is 5. The molecule has 1 aromatic heterocycles. The Bertz CT molecular complexity index is 256. The maximum absolute atomic E-state index is 4.66. The molecule has 0 atom stereocenters. The molecule has 1 saturated heterocycles. The highest BCUT2D eigenvalue weighted by atomic mass is 16.5. The smallest absolute Gasteiger partial charge is 0.213 e. The summed E-state index contributed by atoms with van der Waals surface area (Å²) < 4.78 is 4.66. The molecule has 2 heterocycles. The van der Waals surface area contributed by atoms with Gasteiger partial charge in [-0.25, -0.2) is 0 Å². The van der Waals surface area contributed by atoms with Crippen molar-refractivity contribution in [1.29, 1.82) is 0 Å². The first-order valence-corrected chi connectivity index (χ1v) is 5.63. The number of likely N-dealkylation sites (tertiary alicyclic amines) is 1. The Hall–Kier alpha value is -0.940. The Morgan fingerprint density at radius 3 is 2.93 bits per heavy atom. The van der Waals surface area contributed by atoms with Crippen LogP contribution in [-0.2, 0) is 6.42 Å². The average Bonchev–Trinajstić information content (AvgIpc) is 2.88. The molecule has 0 saturated carbocycles. The first-order chi connectivity index (χ1) is 7.45. The Kier molecular flexibility index (Phi) is 4.11. The van der Waals surface area contributed by atoms with E-state index in [1.54, 1.807) is 0 Å². The van der Waals surface area contributed by atoms with Crippen molar-refractivity contribution in [2.45, 2.75) is 19.3 Å². The maximum Gasteiger partial charge on any atom is 0.213 e. The van der Waals surface area contributed by atoms with Crippen LogP contribution in [-0.4, -0.2) is 47.8 Å². The van der Waals surface area contributed by atoms with Crippen LogP contribution < -0.4 is 5.32 Å². The van der Waals surface area contributed by atoms with E-state index in [2.05, 4.69) is 24.9 Å². The summed E-state index contributed by atoms with van der Waals surface area (Å²) in [5, 5.41) is 7.14. The summed E-state index contributed by atoms with van der Waals surface area (Å²) in [4.78, 5) is 6.46. The van der Waals surface area contributed by atoms with Gasteiger partial charge in [-0.3, -0.25) is 0 Å². The third kappa shape index (κ3) is 3.60. The number of hydrogen-bond donors (Lipinski definition) is 1. The van der Waals surface area contributed by atoms with Gasteiger partial charge in [0.05, 0.1) is 0 Å². The molecule has 5 nitrogen and oxygen atoms in total. The summed E-state index contributed by atoms with van der Waals surface area (Å²) in [6, 6.07) is 0. The summed E-state index contributed by atoms with van der Waals surface area (Å²) >= 11 is 0. The molecule has 15 heavy (non-hydrogen) atoms. The van der Waals surface area contributed by atoms with Gasteiger partial charge in [0, 0.05) is 26.1 Å². The van der Waals surface area contributed by atoms with Gasteiger partial charge < -0.3 is 14.7 Å². The number of rotatable bonds is 6. The Morgan fingerprint density at radius 2 is 2.20 bits per heavy atom. The lowest BCUT2D eigenvalue weighted by Gasteiger charge is -2.14. The number of aromatic nitrogens is 2. The molecule has 1 aliphatic rings. The lowest BCUT2D eigenvalue weighted by Crippen LogP contribution is -2.31. The Balaban J connectivity index is 1.48. The minimum Gasteiger partial charge on any atom is -0.343 e. The van der Waals surface area contributed by atoms with Gasteiger partial charge >= 0.3 is 0 Å². The molecule has 1 fully saturated rings. The molecular formula is C10H18N4O. The van der Waals surface area contributed by atoms with Gasteiger partial charge in [0.25, 0.3) is 0 Å². The lowest BCUT2D eigenvalue weighted by molar-refractivity contribution is 0.336. The van der Waals surface area contributed by atoms with Crippen molar-refractivity contribution in [2.24, 2.45) is 0 Å². The molecule has 1 aliphatic heterocycles. The van der Waals surface area contributed by atoms with E-state index in [0.717, 1.165) is 31.9 Å². The van der Waals surface area contributed by atoms with E-state index in [1.807, 2.05) is 0 Å². The molecule has 0 aliphatic carbocycles. The molecule has 1 N–H and O–H groups in total. The molecule has 0 unspecified atom stereocenters. The standard InChI is InChI=1S/C10H18N4O/c1-2-7-14(6-1)8-5-11-4-3-10-12-9-15-13-10/h9,11H,1-8H2. The lowest BCUT2D eigenvalue weighted by atomic mass is 10.4. The minimum absolute atomic E-state index is 0.781. The Morgan fingerprint density at radius 1 is 1.33 bits per heavy atom. The van der Waals surface area contributed by atoms with Crippen LogP contribution in [0, 0.1) is 0 Å². The second-order valence-electron chi connectivity index (χ2n) is 3.90. The highest BCUT2D eigenvalue weighted by Gasteiger charge is 2.09. The second-order valence-corrected chi connectivity index (χ2v) is 3.90. The van der Waals surface area contributed by atoms with Gasteiger partial charge in [0.2, 0.25) is 6.39 Å². The molecule has 0 bridgehead atoms. The van der Waals surface area contributed by atoms with Gasteiger partial charge in [-0.15, -0.1) is 0 Å². The first-order valence-electron chi connectivity index (χ1n) is 5.63. The van der Waals surface area contributed by atoms with E-state index in [0.29, 0.717) is 0 Å². The molecule has 1 aromatic rings. The maximum atomic E-state index is 4.66. The van der Waals surface area contributed by atoms with Crippen LogP contribution in [0.15, 0.2) is 10.9 Å². The third-order valence-corrected chi connectivity index (χ3v) is 2.74. The van der Waals surface area contributed by atoms with Crippen molar-refractivity contribution >= 4 is 0 Å². The summed E-state index contributed by atoms with van der Waals surface area (Å²) in [7, 11) is 0. The van der Waals surface area contributed by atoms with Gasteiger partial charge in [-0.05, 0) is 25.9 Å². The van der Waals surface area contributed by atoms with Gasteiger partial charge in [-0.1, -0.05) is 5.16 Å². The minimum atomic E-state index is 0.781. The van der Waals surface area contributed by atoms with E-state index >= 15 is 0 Å². The fourth-order valence-corrected chi connectivity index (χ4v) is 1.87. The topological polar surface area (TPSA) is 54.2 Å². The predicted molar refractivity (Wildman–Crippen MR) is 56.5 cm³/mol. The molecule has 2 rings (SSSR count). The monoisotopic (exact) mass is 210 g/mol. The third-order valence-electron chi connectivity index (χ3n) is 2.74. The fourth-order valence-electron chi connectivity index (χ4n) is 1.87. The average molecular weight is 210 g/mol. The zero-order chi connectivity index (χ0) is 10.3. The molecule has 5 heteroatoms. The van der Waals surface area contributed by atoms with E-state index in [1.165, 1.54) is 32.3 Å². The molecule has 0 amide bonds. The van der Waals surface area contributed by atoms with Crippen LogP contribution in [0.1, 0.15) is 18.7 Å². The van der Waals surface area contributed by atoms with Crippen molar-refractivity contribution < 1.29 is 4.52 Å². The fraction of sp³-hybridized carbons (Fsp3) is 0.800. The van der Waals surface area contributed by atoms with Crippen molar-refractivity contribution in [3.63, 3.8) is 0 Å². The van der Waals surface area contributed by atoms with E-state index in [9.17, 15) is 0 Å². The summed E-state index contributed by atoms with van der Waals surface area (Å²) in [6.07, 6.45) is 4.95. The van der Waals surface area contributed by atoms with Gasteiger partial charge in [0.15, 0.2) is 5.82 Å². The number of nitrogens with one attached hydrogen (secondary N) is 1. The molecule has 0 spiro atoms. The SMILES string of the molecule is c1nc(CCNCCN2CCCC2)no1. The highest BCUT2D eigenvalue weighted by Crippen LogP contribution is 2.05. The Labute approximate surface area is 89.8 Å². The highest BCUT2D eigenvalue weighted by molar-refractivity contribution is 4.78. The van der Waals surface area contributed by atoms with E-state index < -0.39 is 0 Å². The largest absolute Gasteiger partial charge is 0.343 e. The quantitative estimate of drug-likeness (QED) is 0.684. The molecule has 84 valence electrons. The predicted octanol–water partition coefficient (Wildman–Crippen LogP) is 0.298. The van der Waals surface area contributed by atoms with E-state index in [4.69, 9.17) is 0 Å². The van der Waals surface area contributed by atoms with Crippen molar-refractivity contribution in [3.8, 4) is 0 Å². The van der Waals surface area contributed by atoms with Crippen molar-refractivity contribution in [3.05, 3.63) is 12.2 Å². The number of nitrogens with zero attached hydrogens (tertiary/aromatic N) is 3. The molecule has 0 radical (unpaired) electrons. The van der Waals surface area contributed by atoms with Crippen LogP contribution in [0.5, 0.6) is 0 Å². The van der Waals surface area contributed by atoms with Crippen LogP contribution >= 0.6 is 0 Å². The summed E-state index contributed by atoms with van der Waals surface area (Å²) in [5.74, 6) is 0.781. The first kappa shape index (κ1) is 10.6. The zero-order valence-corrected chi connectivity index (χ0v) is 8.98. The van der Waals surface area contributed by atoms with Gasteiger partial charge in [-0.2, -0.15) is 4.98 Å². The van der Waals surface area contributed by atoms with Crippen LogP contribution in [0.25, 0.3) is 0 Å². The van der Waals surface area contributed by atoms with Crippen molar-refractivity contribution in [1.82, 2.24) is 20.4 Å². The summed E-state index contributed by atoms with van der Waals surface area (Å²) in [6.45, 7) is 5.68.